The number of benzene rings is 7. The molecule has 1 aromatic heterocycles. The molecule has 1 nitrogen and oxygen atoms in total. The zero-order chi connectivity index (χ0) is 29.5. The Kier molecular flexibility index (Phi) is 4.99. The van der Waals surface area contributed by atoms with E-state index in [9.17, 15) is 0 Å². The minimum absolute atomic E-state index is 0.379. The van der Waals surface area contributed by atoms with Gasteiger partial charge in [0.2, 0.25) is 0 Å². The molecule has 2 aliphatic rings. The highest BCUT2D eigenvalue weighted by molar-refractivity contribution is 6.11. The standard InChI is InChI=1S/C44H27N/c1-4-17-38-33(13-1)34-14-2-5-18-39(34)44(38)40-19-6-3-15-35(40)37-23-22-32(36-16-8-20-41(44)43(36)37)30-11-7-10-28(26-30)29-21-24-42-31(27-29)12-9-25-45-42/h1-27H. The van der Waals surface area contributed by atoms with Gasteiger partial charge in [-0.2, -0.15) is 0 Å². The van der Waals surface area contributed by atoms with Crippen LogP contribution in [0.3, 0.4) is 0 Å². The molecule has 2 aliphatic carbocycles. The summed E-state index contributed by atoms with van der Waals surface area (Å²) in [6, 6.07) is 58.5. The van der Waals surface area contributed by atoms with E-state index in [-0.39, 0.29) is 5.41 Å². The van der Waals surface area contributed by atoms with Crippen molar-refractivity contribution in [1.29, 1.82) is 0 Å². The summed E-state index contributed by atoms with van der Waals surface area (Å²) in [7, 11) is 0. The fourth-order valence-electron chi connectivity index (χ4n) is 8.32. The number of aromatic nitrogens is 1. The second kappa shape index (κ2) is 9.11. The van der Waals surface area contributed by atoms with Gasteiger partial charge in [-0.25, -0.2) is 0 Å². The van der Waals surface area contributed by atoms with E-state index >= 15 is 0 Å². The Hall–Kier alpha value is -5.79. The van der Waals surface area contributed by atoms with Crippen LogP contribution in [0, 0.1) is 0 Å². The van der Waals surface area contributed by atoms with Crippen molar-refractivity contribution in [1.82, 2.24) is 4.98 Å². The van der Waals surface area contributed by atoms with Gasteiger partial charge >= 0.3 is 0 Å². The van der Waals surface area contributed by atoms with Gasteiger partial charge in [0.05, 0.1) is 10.9 Å². The second-order valence-corrected chi connectivity index (χ2v) is 12.3. The maximum atomic E-state index is 4.52. The molecule has 1 heteroatoms. The molecule has 0 radical (unpaired) electrons. The van der Waals surface area contributed by atoms with Crippen LogP contribution < -0.4 is 0 Å². The summed E-state index contributed by atoms with van der Waals surface area (Å²) in [5.74, 6) is 0. The average molecular weight is 570 g/mol. The predicted molar refractivity (Wildman–Crippen MR) is 186 cm³/mol. The average Bonchev–Trinajstić information content (AvgIpc) is 3.41. The van der Waals surface area contributed by atoms with Crippen LogP contribution >= 0.6 is 0 Å². The van der Waals surface area contributed by atoms with Gasteiger partial charge in [0.1, 0.15) is 0 Å². The zero-order valence-corrected chi connectivity index (χ0v) is 24.5. The predicted octanol–water partition coefficient (Wildman–Crippen LogP) is 11.1. The van der Waals surface area contributed by atoms with Gasteiger partial charge in [0.25, 0.3) is 0 Å². The molecule has 45 heavy (non-hydrogen) atoms. The first kappa shape index (κ1) is 24.6. The highest BCUT2D eigenvalue weighted by Gasteiger charge is 2.49. The second-order valence-electron chi connectivity index (χ2n) is 12.3. The van der Waals surface area contributed by atoms with Gasteiger partial charge in [-0.3, -0.25) is 4.98 Å². The maximum Gasteiger partial charge on any atom is 0.0725 e. The van der Waals surface area contributed by atoms with Gasteiger partial charge in [0, 0.05) is 11.6 Å². The summed E-state index contributed by atoms with van der Waals surface area (Å²) in [5, 5.41) is 3.80. The Morgan fingerprint density at radius 3 is 1.73 bits per heavy atom. The fraction of sp³-hybridized carbons (Fsp3) is 0.0227. The van der Waals surface area contributed by atoms with Crippen LogP contribution in [0.2, 0.25) is 0 Å². The summed E-state index contributed by atoms with van der Waals surface area (Å²) < 4.78 is 0. The van der Waals surface area contributed by atoms with Crippen LogP contribution in [0.4, 0.5) is 0 Å². The van der Waals surface area contributed by atoms with Crippen molar-refractivity contribution in [3.05, 3.63) is 186 Å². The quantitative estimate of drug-likeness (QED) is 0.202. The Bertz CT molecular complexity index is 2460. The van der Waals surface area contributed by atoms with Crippen molar-refractivity contribution in [3.8, 4) is 44.5 Å². The molecule has 0 unspecified atom stereocenters. The molecule has 0 atom stereocenters. The van der Waals surface area contributed by atoms with Gasteiger partial charge in [-0.15, -0.1) is 0 Å². The first-order chi connectivity index (χ1) is 22.3. The van der Waals surface area contributed by atoms with Gasteiger partial charge < -0.3 is 0 Å². The van der Waals surface area contributed by atoms with Gasteiger partial charge in [-0.1, -0.05) is 133 Å². The van der Waals surface area contributed by atoms with E-state index in [1.165, 1.54) is 77.5 Å². The molecule has 0 amide bonds. The number of hydrogen-bond acceptors (Lipinski definition) is 1. The largest absolute Gasteiger partial charge is 0.256 e. The van der Waals surface area contributed by atoms with Crippen molar-refractivity contribution >= 4 is 21.7 Å². The first-order valence-electron chi connectivity index (χ1n) is 15.6. The minimum atomic E-state index is -0.379. The van der Waals surface area contributed by atoms with Crippen LogP contribution in [0.5, 0.6) is 0 Å². The number of pyridine rings is 1. The van der Waals surface area contributed by atoms with E-state index in [1.807, 2.05) is 12.3 Å². The summed E-state index contributed by atoms with van der Waals surface area (Å²) in [5.41, 5.74) is 16.3. The topological polar surface area (TPSA) is 12.9 Å². The Labute approximate surface area is 262 Å². The van der Waals surface area contributed by atoms with E-state index in [0.29, 0.717) is 0 Å². The van der Waals surface area contributed by atoms with Crippen LogP contribution in [0.15, 0.2) is 164 Å². The molecule has 1 heterocycles. The fourth-order valence-corrected chi connectivity index (χ4v) is 8.32. The van der Waals surface area contributed by atoms with Crippen LogP contribution in [0.1, 0.15) is 22.3 Å². The third-order valence-corrected chi connectivity index (χ3v) is 10.1. The molecule has 208 valence electrons. The van der Waals surface area contributed by atoms with E-state index in [0.717, 1.165) is 10.9 Å². The van der Waals surface area contributed by atoms with Crippen molar-refractivity contribution in [2.24, 2.45) is 0 Å². The molecule has 0 N–H and O–H groups in total. The van der Waals surface area contributed by atoms with E-state index in [1.54, 1.807) is 0 Å². The van der Waals surface area contributed by atoms with Crippen molar-refractivity contribution in [2.45, 2.75) is 5.41 Å². The first-order valence-corrected chi connectivity index (χ1v) is 15.6. The number of fused-ring (bicyclic) bond motifs is 10. The molecule has 10 rings (SSSR count). The molecule has 0 saturated carbocycles. The third kappa shape index (κ3) is 3.25. The van der Waals surface area contributed by atoms with Crippen molar-refractivity contribution in [3.63, 3.8) is 0 Å². The highest BCUT2D eigenvalue weighted by atomic mass is 14.6. The lowest BCUT2D eigenvalue weighted by molar-refractivity contribution is 0.773. The molecular formula is C44H27N. The number of hydrogen-bond donors (Lipinski definition) is 0. The lowest BCUT2D eigenvalue weighted by Gasteiger charge is -2.40. The van der Waals surface area contributed by atoms with Crippen LogP contribution in [0.25, 0.3) is 66.2 Å². The number of nitrogens with zero attached hydrogens (tertiary/aromatic N) is 1. The molecule has 0 aliphatic heterocycles. The molecule has 0 saturated heterocycles. The molecular weight excluding hydrogens is 542 g/mol. The lowest BCUT2D eigenvalue weighted by Crippen LogP contribution is -2.31. The summed E-state index contributed by atoms with van der Waals surface area (Å²) in [4.78, 5) is 4.52. The SMILES string of the molecule is c1cc(-c2ccc3ncccc3c2)cc(-c2ccc3c4c(cccc24)C2(c4ccccc4-c4ccccc42)c2ccccc2-3)c1. The minimum Gasteiger partial charge on any atom is -0.256 e. The lowest BCUT2D eigenvalue weighted by atomic mass is 9.61. The molecule has 1 spiro atoms. The van der Waals surface area contributed by atoms with Crippen LogP contribution in [-0.2, 0) is 5.41 Å². The Morgan fingerprint density at radius 1 is 0.378 bits per heavy atom. The van der Waals surface area contributed by atoms with E-state index in [2.05, 4.69) is 157 Å². The van der Waals surface area contributed by atoms with E-state index < -0.39 is 0 Å². The summed E-state index contributed by atoms with van der Waals surface area (Å²) in [6.07, 6.45) is 1.85. The third-order valence-electron chi connectivity index (χ3n) is 10.1. The normalized spacial score (nSPS) is 13.5. The molecule has 0 bridgehead atoms. The smallest absolute Gasteiger partial charge is 0.0725 e. The summed E-state index contributed by atoms with van der Waals surface area (Å²) in [6.45, 7) is 0. The molecule has 8 aromatic rings. The summed E-state index contributed by atoms with van der Waals surface area (Å²) >= 11 is 0. The van der Waals surface area contributed by atoms with Crippen molar-refractivity contribution in [2.75, 3.05) is 0 Å². The maximum absolute atomic E-state index is 4.52. The molecule has 7 aromatic carbocycles. The van der Waals surface area contributed by atoms with Crippen LogP contribution in [-0.4, -0.2) is 4.98 Å². The Morgan fingerprint density at radius 2 is 0.978 bits per heavy atom. The van der Waals surface area contributed by atoms with E-state index in [4.69, 9.17) is 0 Å². The Balaban J connectivity index is 1.26. The monoisotopic (exact) mass is 569 g/mol. The molecule has 0 fully saturated rings. The van der Waals surface area contributed by atoms with Gasteiger partial charge in [-0.05, 0) is 102 Å². The zero-order valence-electron chi connectivity index (χ0n) is 24.5. The van der Waals surface area contributed by atoms with Gasteiger partial charge in [0.15, 0.2) is 0 Å². The van der Waals surface area contributed by atoms with Crippen molar-refractivity contribution < 1.29 is 0 Å². The number of rotatable bonds is 2. The highest BCUT2D eigenvalue weighted by Crippen LogP contribution is 2.62.